The number of unbranched alkanes of at least 4 members (excludes halogenated alkanes) is 18. The van der Waals surface area contributed by atoms with E-state index in [0.29, 0.717) is 12.8 Å². The number of aliphatic hydroxyl groups is 3. The molecule has 0 saturated carbocycles. The van der Waals surface area contributed by atoms with Crippen LogP contribution in [0.2, 0.25) is 0 Å². The highest BCUT2D eigenvalue weighted by Crippen LogP contribution is 2.24. The minimum Gasteiger partial charge on any atom is -0.462 e. The van der Waals surface area contributed by atoms with Crippen molar-refractivity contribution in [1.29, 1.82) is 0 Å². The summed E-state index contributed by atoms with van der Waals surface area (Å²) in [6.07, 6.45) is 45.0. The van der Waals surface area contributed by atoms with Crippen LogP contribution in [-0.4, -0.2) is 96.0 Å². The number of aliphatic hydroxyl groups excluding tert-OH is 3. The highest BCUT2D eigenvalue weighted by molar-refractivity contribution is 7.85. The molecule has 6 unspecified atom stereocenters. The average molecular weight is 951 g/mol. The van der Waals surface area contributed by atoms with E-state index >= 15 is 0 Å². The number of allylic oxidation sites excluding steroid dienone is 12. The Kier molecular flexibility index (Phi) is 39.1. The Hall–Kier alpha value is -2.91. The van der Waals surface area contributed by atoms with Crippen molar-refractivity contribution in [1.82, 2.24) is 0 Å². The van der Waals surface area contributed by atoms with Gasteiger partial charge < -0.3 is 34.3 Å². The van der Waals surface area contributed by atoms with E-state index in [1.54, 1.807) is 0 Å². The zero-order chi connectivity index (χ0) is 48.4. The van der Waals surface area contributed by atoms with Crippen LogP contribution >= 0.6 is 0 Å². The van der Waals surface area contributed by atoms with Crippen LogP contribution in [0, 0.1) is 0 Å². The lowest BCUT2D eigenvalue weighted by molar-refractivity contribution is -0.297. The fourth-order valence-corrected chi connectivity index (χ4v) is 7.97. The van der Waals surface area contributed by atoms with Gasteiger partial charge in [0.25, 0.3) is 10.1 Å². The fraction of sp³-hybridized carbons (Fsp3) is 0.736. The van der Waals surface area contributed by atoms with Gasteiger partial charge in [-0.15, -0.1) is 0 Å². The van der Waals surface area contributed by atoms with E-state index in [2.05, 4.69) is 86.8 Å². The van der Waals surface area contributed by atoms with E-state index in [1.807, 2.05) is 0 Å². The number of hydrogen-bond donors (Lipinski definition) is 4. The third-order valence-electron chi connectivity index (χ3n) is 11.3. The number of ether oxygens (including phenoxy) is 4. The molecule has 0 bridgehead atoms. The van der Waals surface area contributed by atoms with E-state index in [9.17, 15) is 37.9 Å². The van der Waals surface area contributed by atoms with Crippen LogP contribution in [0.4, 0.5) is 0 Å². The van der Waals surface area contributed by atoms with Crippen LogP contribution in [-0.2, 0) is 38.7 Å². The molecular formula is C53H90O12S. The van der Waals surface area contributed by atoms with Gasteiger partial charge >= 0.3 is 11.9 Å². The molecule has 13 heteroatoms. The first-order chi connectivity index (χ1) is 32.0. The van der Waals surface area contributed by atoms with E-state index in [-0.39, 0.29) is 19.4 Å². The van der Waals surface area contributed by atoms with Crippen LogP contribution in [0.1, 0.15) is 194 Å². The van der Waals surface area contributed by atoms with Crippen molar-refractivity contribution < 1.29 is 56.8 Å². The Morgan fingerprint density at radius 2 is 0.909 bits per heavy atom. The van der Waals surface area contributed by atoms with E-state index in [4.69, 9.17) is 18.9 Å². The molecule has 0 spiro atoms. The van der Waals surface area contributed by atoms with Crippen molar-refractivity contribution >= 4 is 22.1 Å². The SMILES string of the molecule is CCCCC/C=C\C/C=C\C/C=C\CCCCCCCCC(=O)OCC(COC1OC(CS(=O)(=O)O)C(O)C(O)C1O)OC(=O)CCCCCCCC/C=C\C/C=C\C/C=C\CCCCC. The Balaban J connectivity index is 2.41. The van der Waals surface area contributed by atoms with Gasteiger partial charge in [0, 0.05) is 12.8 Å². The van der Waals surface area contributed by atoms with Gasteiger partial charge in [-0.2, -0.15) is 8.42 Å². The van der Waals surface area contributed by atoms with Crippen LogP contribution in [0.15, 0.2) is 72.9 Å². The summed E-state index contributed by atoms with van der Waals surface area (Å²) in [5, 5.41) is 31.0. The van der Waals surface area contributed by atoms with E-state index < -0.39 is 71.2 Å². The summed E-state index contributed by atoms with van der Waals surface area (Å²) < 4.78 is 54.2. The molecule has 6 atom stereocenters. The van der Waals surface area contributed by atoms with Crippen molar-refractivity contribution in [2.45, 2.75) is 230 Å². The molecule has 66 heavy (non-hydrogen) atoms. The smallest absolute Gasteiger partial charge is 0.306 e. The molecule has 1 aliphatic rings. The lowest BCUT2D eigenvalue weighted by Crippen LogP contribution is -2.60. The largest absolute Gasteiger partial charge is 0.462 e. The van der Waals surface area contributed by atoms with E-state index in [1.165, 1.54) is 51.4 Å². The first-order valence-corrected chi connectivity index (χ1v) is 27.1. The van der Waals surface area contributed by atoms with Crippen molar-refractivity contribution in [3.63, 3.8) is 0 Å². The maximum atomic E-state index is 12.9. The Morgan fingerprint density at radius 1 is 0.515 bits per heavy atom. The lowest BCUT2D eigenvalue weighted by atomic mass is 10.00. The molecule has 4 N–H and O–H groups in total. The molecule has 0 aromatic heterocycles. The minimum absolute atomic E-state index is 0.143. The maximum Gasteiger partial charge on any atom is 0.306 e. The molecule has 1 rings (SSSR count). The summed E-state index contributed by atoms with van der Waals surface area (Å²) >= 11 is 0. The molecule has 1 fully saturated rings. The standard InChI is InChI=1S/C53H90O12S/c1-3-5-7-9-11-13-15-17-19-21-23-25-27-29-31-33-35-37-39-41-48(54)62-43-46(44-63-53-52(58)51(57)50(56)47(65-53)45-66(59,60)61)64-49(55)42-40-38-36-34-32-30-28-26-24-22-20-18-16-14-12-10-8-6-4-2/h11-14,17-20,23-26,46-47,50-53,56-58H,3-10,15-16,21-22,27-45H2,1-2H3,(H,59,60,61)/b13-11-,14-12-,19-17-,20-18-,25-23-,26-24-. The number of esters is 2. The molecule has 0 aromatic rings. The van der Waals surface area contributed by atoms with Gasteiger partial charge in [0.2, 0.25) is 0 Å². The fourth-order valence-electron chi connectivity index (χ4n) is 7.28. The summed E-state index contributed by atoms with van der Waals surface area (Å²) in [6.45, 7) is 3.69. The molecule has 1 aliphatic heterocycles. The average Bonchev–Trinajstić information content (AvgIpc) is 3.28. The van der Waals surface area contributed by atoms with Gasteiger partial charge in [-0.25, -0.2) is 0 Å². The zero-order valence-corrected chi connectivity index (χ0v) is 41.6. The predicted molar refractivity (Wildman–Crippen MR) is 265 cm³/mol. The zero-order valence-electron chi connectivity index (χ0n) is 40.8. The van der Waals surface area contributed by atoms with Crippen molar-refractivity contribution in [3.8, 4) is 0 Å². The number of carbonyl (C=O) groups is 2. The third-order valence-corrected chi connectivity index (χ3v) is 12.0. The number of carbonyl (C=O) groups excluding carboxylic acids is 2. The van der Waals surface area contributed by atoms with Crippen molar-refractivity contribution in [3.05, 3.63) is 72.9 Å². The second-order valence-corrected chi connectivity index (χ2v) is 19.0. The van der Waals surface area contributed by atoms with Crippen LogP contribution < -0.4 is 0 Å². The highest BCUT2D eigenvalue weighted by Gasteiger charge is 2.46. The van der Waals surface area contributed by atoms with Crippen LogP contribution in [0.5, 0.6) is 0 Å². The van der Waals surface area contributed by atoms with Crippen LogP contribution in [0.3, 0.4) is 0 Å². The van der Waals surface area contributed by atoms with Crippen molar-refractivity contribution in [2.75, 3.05) is 19.0 Å². The van der Waals surface area contributed by atoms with Gasteiger partial charge in [-0.3, -0.25) is 14.1 Å². The monoisotopic (exact) mass is 951 g/mol. The highest BCUT2D eigenvalue weighted by atomic mass is 32.2. The van der Waals surface area contributed by atoms with Crippen molar-refractivity contribution in [2.24, 2.45) is 0 Å². The maximum absolute atomic E-state index is 12.9. The quantitative estimate of drug-likeness (QED) is 0.0197. The first-order valence-electron chi connectivity index (χ1n) is 25.5. The molecule has 12 nitrogen and oxygen atoms in total. The van der Waals surface area contributed by atoms with Gasteiger partial charge in [0.15, 0.2) is 12.4 Å². The lowest BCUT2D eigenvalue weighted by Gasteiger charge is -2.40. The molecule has 0 amide bonds. The number of hydrogen-bond acceptors (Lipinski definition) is 11. The molecular weight excluding hydrogens is 861 g/mol. The molecule has 0 aliphatic carbocycles. The first kappa shape index (κ1) is 61.1. The van der Waals surface area contributed by atoms with Gasteiger partial charge in [-0.05, 0) is 89.9 Å². The Morgan fingerprint density at radius 3 is 1.35 bits per heavy atom. The van der Waals surface area contributed by atoms with Gasteiger partial charge in [-0.1, -0.05) is 164 Å². The van der Waals surface area contributed by atoms with Crippen LogP contribution in [0.25, 0.3) is 0 Å². The molecule has 0 radical (unpaired) electrons. The Labute approximate surface area is 399 Å². The molecule has 1 saturated heterocycles. The molecule has 0 aromatic carbocycles. The summed E-state index contributed by atoms with van der Waals surface area (Å²) in [4.78, 5) is 25.5. The summed E-state index contributed by atoms with van der Waals surface area (Å²) in [6, 6.07) is 0. The van der Waals surface area contributed by atoms with Gasteiger partial charge in [0.05, 0.1) is 6.61 Å². The second kappa shape index (κ2) is 42.2. The van der Waals surface area contributed by atoms with E-state index in [0.717, 1.165) is 103 Å². The molecule has 380 valence electrons. The summed E-state index contributed by atoms with van der Waals surface area (Å²) in [5.74, 6) is -2.02. The Bertz CT molecular complexity index is 1490. The second-order valence-electron chi connectivity index (χ2n) is 17.5. The normalized spacial score (nSPS) is 20.0. The van der Waals surface area contributed by atoms with Gasteiger partial charge in [0.1, 0.15) is 36.8 Å². The third kappa shape index (κ3) is 36.2. The summed E-state index contributed by atoms with van der Waals surface area (Å²) in [7, 11) is -4.61. The molecule has 1 heterocycles. The topological polar surface area (TPSA) is 186 Å². The summed E-state index contributed by atoms with van der Waals surface area (Å²) in [5.41, 5.74) is 0. The number of rotatable bonds is 42. The minimum atomic E-state index is -4.61. The predicted octanol–water partition coefficient (Wildman–Crippen LogP) is 11.5.